The van der Waals surface area contributed by atoms with Crippen LogP contribution >= 0.6 is 23.4 Å². The summed E-state index contributed by atoms with van der Waals surface area (Å²) in [6.07, 6.45) is 5.31. The van der Waals surface area contributed by atoms with E-state index in [1.165, 1.54) is 24.3 Å². The van der Waals surface area contributed by atoms with Gasteiger partial charge in [-0.25, -0.2) is 0 Å². The molecule has 1 atom stereocenters. The zero-order valence-electron chi connectivity index (χ0n) is 10.7. The number of hydrazine groups is 1. The molecule has 1 aliphatic rings. The normalized spacial score (nSPS) is 19.1. The van der Waals surface area contributed by atoms with Crippen molar-refractivity contribution in [2.45, 2.75) is 38.8 Å². The summed E-state index contributed by atoms with van der Waals surface area (Å²) in [5.74, 6) is 8.99. The summed E-state index contributed by atoms with van der Waals surface area (Å²) in [5, 5.41) is 4.99. The monoisotopic (exact) mass is 288 g/mol. The molecule has 18 heavy (non-hydrogen) atoms. The summed E-state index contributed by atoms with van der Waals surface area (Å²) in [6, 6.07) is 0.105. The Kier molecular flexibility index (Phi) is 5.36. The average Bonchev–Trinajstić information content (AvgIpc) is 2.78. The van der Waals surface area contributed by atoms with Crippen LogP contribution in [-0.2, 0) is 6.54 Å². The number of nitrogens with zero attached hydrogens (tertiary/aromatic N) is 2. The minimum absolute atomic E-state index is 0.105. The van der Waals surface area contributed by atoms with E-state index in [4.69, 9.17) is 17.4 Å². The highest BCUT2D eigenvalue weighted by atomic mass is 35.5. The van der Waals surface area contributed by atoms with Gasteiger partial charge in [-0.3, -0.25) is 16.0 Å². The molecule has 0 aliphatic carbocycles. The van der Waals surface area contributed by atoms with Crippen molar-refractivity contribution in [3.63, 3.8) is 0 Å². The quantitative estimate of drug-likeness (QED) is 0.646. The van der Waals surface area contributed by atoms with Gasteiger partial charge in [-0.05, 0) is 43.6 Å². The van der Waals surface area contributed by atoms with Crippen LogP contribution in [0, 0.1) is 5.92 Å². The first-order valence-electron chi connectivity index (χ1n) is 6.51. The van der Waals surface area contributed by atoms with E-state index in [1.807, 2.05) is 16.4 Å². The maximum atomic E-state index is 6.23. The number of aromatic nitrogens is 2. The Morgan fingerprint density at radius 3 is 2.94 bits per heavy atom. The van der Waals surface area contributed by atoms with E-state index in [-0.39, 0.29) is 6.04 Å². The molecular weight excluding hydrogens is 268 g/mol. The third-order valence-electron chi connectivity index (χ3n) is 3.57. The van der Waals surface area contributed by atoms with E-state index >= 15 is 0 Å². The lowest BCUT2D eigenvalue weighted by Crippen LogP contribution is -2.32. The molecule has 0 aromatic carbocycles. The van der Waals surface area contributed by atoms with Crippen LogP contribution in [-0.4, -0.2) is 21.3 Å². The van der Waals surface area contributed by atoms with Crippen LogP contribution in [0.5, 0.6) is 0 Å². The highest BCUT2D eigenvalue weighted by Crippen LogP contribution is 2.33. The van der Waals surface area contributed by atoms with Gasteiger partial charge in [0, 0.05) is 6.54 Å². The highest BCUT2D eigenvalue weighted by molar-refractivity contribution is 7.99. The zero-order chi connectivity index (χ0) is 13.0. The summed E-state index contributed by atoms with van der Waals surface area (Å²) in [5.41, 5.74) is 3.94. The molecule has 1 aromatic heterocycles. The Hall–Kier alpha value is -0.230. The molecule has 0 bridgehead atoms. The molecule has 4 nitrogen and oxygen atoms in total. The second kappa shape index (κ2) is 6.80. The predicted octanol–water partition coefficient (Wildman–Crippen LogP) is 2.59. The van der Waals surface area contributed by atoms with Crippen LogP contribution in [0.15, 0.2) is 6.20 Å². The maximum Gasteiger partial charge on any atom is 0.0834 e. The van der Waals surface area contributed by atoms with Gasteiger partial charge in [0.15, 0.2) is 0 Å². The molecule has 0 amide bonds. The molecule has 0 saturated carbocycles. The number of hydrogen-bond acceptors (Lipinski definition) is 4. The van der Waals surface area contributed by atoms with E-state index in [0.717, 1.165) is 24.6 Å². The number of thioether (sulfide) groups is 1. The summed E-state index contributed by atoms with van der Waals surface area (Å²) in [7, 11) is 0. The topological polar surface area (TPSA) is 55.9 Å². The molecular formula is C12H21ClN4S. The number of halogens is 1. The van der Waals surface area contributed by atoms with E-state index in [9.17, 15) is 0 Å². The number of nitrogens with one attached hydrogen (secondary N) is 1. The molecule has 0 radical (unpaired) electrons. The third kappa shape index (κ3) is 3.20. The van der Waals surface area contributed by atoms with Gasteiger partial charge < -0.3 is 0 Å². The van der Waals surface area contributed by atoms with Gasteiger partial charge in [-0.2, -0.15) is 16.9 Å². The van der Waals surface area contributed by atoms with Crippen LogP contribution in [0.25, 0.3) is 0 Å². The highest BCUT2D eigenvalue weighted by Gasteiger charge is 2.24. The number of aryl methyl sites for hydroxylation is 1. The van der Waals surface area contributed by atoms with Crippen molar-refractivity contribution in [3.8, 4) is 0 Å². The summed E-state index contributed by atoms with van der Waals surface area (Å²) >= 11 is 8.28. The van der Waals surface area contributed by atoms with Gasteiger partial charge in [0.2, 0.25) is 0 Å². The smallest absolute Gasteiger partial charge is 0.0834 e. The van der Waals surface area contributed by atoms with Crippen LogP contribution in [0.4, 0.5) is 0 Å². The van der Waals surface area contributed by atoms with Crippen molar-refractivity contribution in [1.29, 1.82) is 0 Å². The molecule has 3 N–H and O–H groups in total. The average molecular weight is 289 g/mol. The molecule has 102 valence electrons. The summed E-state index contributed by atoms with van der Waals surface area (Å²) in [6.45, 7) is 2.89. The first kappa shape index (κ1) is 14.2. The SMILES string of the molecule is CCn1ncc(Cl)c1C(CC1CCSCC1)NN. The Balaban J connectivity index is 2.09. The lowest BCUT2D eigenvalue weighted by atomic mass is 9.93. The van der Waals surface area contributed by atoms with Crippen LogP contribution in [0.2, 0.25) is 5.02 Å². The standard InChI is InChI=1S/C12H21ClN4S/c1-2-17-12(10(13)8-15-17)11(16-14)7-9-3-5-18-6-4-9/h8-9,11,16H,2-7,14H2,1H3. The largest absolute Gasteiger partial charge is 0.271 e. The Morgan fingerprint density at radius 1 is 1.61 bits per heavy atom. The predicted molar refractivity (Wildman–Crippen MR) is 77.6 cm³/mol. The first-order valence-corrected chi connectivity index (χ1v) is 8.04. The molecule has 0 spiro atoms. The van der Waals surface area contributed by atoms with Gasteiger partial charge in [0.05, 0.1) is 23.0 Å². The fraction of sp³-hybridized carbons (Fsp3) is 0.750. The van der Waals surface area contributed by atoms with E-state index < -0.39 is 0 Å². The van der Waals surface area contributed by atoms with Gasteiger partial charge in [0.25, 0.3) is 0 Å². The lowest BCUT2D eigenvalue weighted by molar-refractivity contribution is 0.358. The van der Waals surface area contributed by atoms with Crippen LogP contribution < -0.4 is 11.3 Å². The van der Waals surface area contributed by atoms with Gasteiger partial charge in [-0.1, -0.05) is 11.6 Å². The fourth-order valence-corrected chi connectivity index (χ4v) is 4.02. The van der Waals surface area contributed by atoms with E-state index in [1.54, 1.807) is 6.20 Å². The zero-order valence-corrected chi connectivity index (χ0v) is 12.3. The van der Waals surface area contributed by atoms with Gasteiger partial charge in [-0.15, -0.1) is 0 Å². The molecule has 6 heteroatoms. The molecule has 1 unspecified atom stereocenters. The number of hydrogen-bond donors (Lipinski definition) is 2. The second-order valence-corrected chi connectivity index (χ2v) is 6.34. The van der Waals surface area contributed by atoms with Gasteiger partial charge in [0.1, 0.15) is 0 Å². The lowest BCUT2D eigenvalue weighted by Gasteiger charge is -2.26. The molecule has 1 aromatic rings. The Morgan fingerprint density at radius 2 is 2.33 bits per heavy atom. The van der Waals surface area contributed by atoms with Crippen molar-refractivity contribution in [2.75, 3.05) is 11.5 Å². The fourth-order valence-electron chi connectivity index (χ4n) is 2.54. The number of rotatable bonds is 5. The van der Waals surface area contributed by atoms with Crippen molar-refractivity contribution < 1.29 is 0 Å². The molecule has 1 saturated heterocycles. The van der Waals surface area contributed by atoms with Crippen molar-refractivity contribution in [2.24, 2.45) is 11.8 Å². The summed E-state index contributed by atoms with van der Waals surface area (Å²) in [4.78, 5) is 0. The summed E-state index contributed by atoms with van der Waals surface area (Å²) < 4.78 is 1.93. The minimum atomic E-state index is 0.105. The van der Waals surface area contributed by atoms with Crippen molar-refractivity contribution >= 4 is 23.4 Å². The number of nitrogens with two attached hydrogens (primary N) is 1. The van der Waals surface area contributed by atoms with Crippen LogP contribution in [0.1, 0.15) is 37.9 Å². The second-order valence-electron chi connectivity index (χ2n) is 4.70. The van der Waals surface area contributed by atoms with E-state index in [2.05, 4.69) is 17.4 Å². The molecule has 1 aliphatic heterocycles. The van der Waals surface area contributed by atoms with E-state index in [0.29, 0.717) is 5.02 Å². The molecule has 2 rings (SSSR count). The minimum Gasteiger partial charge on any atom is -0.271 e. The third-order valence-corrected chi connectivity index (χ3v) is 4.91. The molecule has 2 heterocycles. The maximum absolute atomic E-state index is 6.23. The Labute approximate surface area is 118 Å². The van der Waals surface area contributed by atoms with Crippen LogP contribution in [0.3, 0.4) is 0 Å². The van der Waals surface area contributed by atoms with Crippen molar-refractivity contribution in [3.05, 3.63) is 16.9 Å². The van der Waals surface area contributed by atoms with Gasteiger partial charge >= 0.3 is 0 Å². The molecule has 1 fully saturated rings. The van der Waals surface area contributed by atoms with Crippen molar-refractivity contribution in [1.82, 2.24) is 15.2 Å². The Bertz CT molecular complexity index is 376. The first-order chi connectivity index (χ1) is 8.76.